The van der Waals surface area contributed by atoms with Gasteiger partial charge in [-0.15, -0.1) is 11.8 Å². The van der Waals surface area contributed by atoms with Gasteiger partial charge in [-0.3, -0.25) is 0 Å². The summed E-state index contributed by atoms with van der Waals surface area (Å²) in [7, 11) is 0. The summed E-state index contributed by atoms with van der Waals surface area (Å²) in [5.41, 5.74) is 7.33. The van der Waals surface area contributed by atoms with Crippen LogP contribution in [-0.4, -0.2) is 6.04 Å². The third-order valence-corrected chi connectivity index (χ3v) is 4.85. The van der Waals surface area contributed by atoms with Gasteiger partial charge in [-0.25, -0.2) is 0 Å². The van der Waals surface area contributed by atoms with Crippen LogP contribution in [0.25, 0.3) is 0 Å². The van der Waals surface area contributed by atoms with Crippen molar-refractivity contribution >= 4 is 23.4 Å². The minimum Gasteiger partial charge on any atom is -0.468 e. The average molecular weight is 296 g/mol. The van der Waals surface area contributed by atoms with E-state index >= 15 is 0 Å². The number of furan rings is 1. The number of hydrogen-bond acceptors (Lipinski definition) is 3. The molecule has 0 fully saturated rings. The summed E-state index contributed by atoms with van der Waals surface area (Å²) in [5, 5.41) is 0.967. The first-order valence-electron chi connectivity index (χ1n) is 6.36. The van der Waals surface area contributed by atoms with Crippen LogP contribution in [0.15, 0.2) is 47.1 Å². The van der Waals surface area contributed by atoms with Gasteiger partial charge in [0.1, 0.15) is 5.76 Å². The molecule has 19 heavy (non-hydrogen) atoms. The molecule has 0 spiro atoms. The zero-order valence-electron chi connectivity index (χ0n) is 10.9. The maximum atomic E-state index is 6.20. The summed E-state index contributed by atoms with van der Waals surface area (Å²) in [4.78, 5) is 0. The normalized spacial score (nSPS) is 14.3. The third-order valence-electron chi connectivity index (χ3n) is 3.06. The molecule has 0 aliphatic rings. The first-order chi connectivity index (χ1) is 9.22. The summed E-state index contributed by atoms with van der Waals surface area (Å²) < 4.78 is 5.50. The lowest BCUT2D eigenvalue weighted by atomic mass is 10.1. The Balaban J connectivity index is 2.07. The number of halogens is 1. The van der Waals surface area contributed by atoms with Crippen LogP contribution in [0.3, 0.4) is 0 Å². The van der Waals surface area contributed by atoms with Crippen molar-refractivity contribution in [1.29, 1.82) is 0 Å². The van der Waals surface area contributed by atoms with Crippen LogP contribution in [0, 0.1) is 0 Å². The van der Waals surface area contributed by atoms with Crippen molar-refractivity contribution in [3.8, 4) is 0 Å². The quantitative estimate of drug-likeness (QED) is 0.843. The molecule has 4 heteroatoms. The summed E-state index contributed by atoms with van der Waals surface area (Å²) in [5.74, 6) is 1.77. The Kier molecular flexibility index (Phi) is 5.37. The van der Waals surface area contributed by atoms with Gasteiger partial charge >= 0.3 is 0 Å². The Morgan fingerprint density at radius 2 is 2.05 bits per heavy atom. The molecule has 2 N–H and O–H groups in total. The van der Waals surface area contributed by atoms with Crippen LogP contribution in [0.1, 0.15) is 29.9 Å². The van der Waals surface area contributed by atoms with Crippen molar-refractivity contribution in [2.24, 2.45) is 5.73 Å². The predicted molar refractivity (Wildman–Crippen MR) is 82.5 cm³/mol. The van der Waals surface area contributed by atoms with E-state index in [1.54, 1.807) is 18.0 Å². The Bertz CT molecular complexity index is 501. The van der Waals surface area contributed by atoms with E-state index in [9.17, 15) is 0 Å². The molecule has 1 heterocycles. The number of benzene rings is 1. The average Bonchev–Trinajstić information content (AvgIpc) is 2.94. The molecule has 2 aromatic rings. The van der Waals surface area contributed by atoms with Crippen molar-refractivity contribution < 1.29 is 4.42 Å². The van der Waals surface area contributed by atoms with Gasteiger partial charge in [0.25, 0.3) is 0 Å². The zero-order valence-corrected chi connectivity index (χ0v) is 12.5. The van der Waals surface area contributed by atoms with Gasteiger partial charge in [0, 0.05) is 16.8 Å². The zero-order chi connectivity index (χ0) is 13.7. The molecule has 1 aromatic carbocycles. The standard InChI is InChI=1S/C15H18ClNOS/c1-2-13(17)15(14-8-5-9-18-14)19-10-11-6-3-4-7-12(11)16/h3-9,13,15H,2,10,17H2,1H3. The van der Waals surface area contributed by atoms with Gasteiger partial charge in [-0.1, -0.05) is 36.7 Å². The largest absolute Gasteiger partial charge is 0.468 e. The van der Waals surface area contributed by atoms with Crippen LogP contribution in [-0.2, 0) is 5.75 Å². The molecule has 2 rings (SSSR count). The number of hydrogen-bond donors (Lipinski definition) is 1. The topological polar surface area (TPSA) is 39.2 Å². The molecule has 0 saturated heterocycles. The van der Waals surface area contributed by atoms with Crippen molar-refractivity contribution in [3.63, 3.8) is 0 Å². The molecule has 2 nitrogen and oxygen atoms in total. The predicted octanol–water partition coefficient (Wildman–Crippen LogP) is 4.64. The lowest BCUT2D eigenvalue weighted by Gasteiger charge is -2.20. The van der Waals surface area contributed by atoms with E-state index in [2.05, 4.69) is 6.92 Å². The van der Waals surface area contributed by atoms with Gasteiger partial charge in [-0.2, -0.15) is 0 Å². The Hall–Kier alpha value is -0.900. The summed E-state index contributed by atoms with van der Waals surface area (Å²) >= 11 is 7.95. The highest BCUT2D eigenvalue weighted by Crippen LogP contribution is 2.36. The minimum atomic E-state index is 0.0821. The van der Waals surface area contributed by atoms with Crippen molar-refractivity contribution in [2.45, 2.75) is 30.4 Å². The smallest absolute Gasteiger partial charge is 0.118 e. The third kappa shape index (κ3) is 3.78. The molecular weight excluding hydrogens is 278 g/mol. The molecule has 0 saturated carbocycles. The molecule has 1 aromatic heterocycles. The summed E-state index contributed by atoms with van der Waals surface area (Å²) in [6, 6.07) is 11.9. The molecular formula is C15H18ClNOS. The Morgan fingerprint density at radius 3 is 2.68 bits per heavy atom. The van der Waals surface area contributed by atoms with E-state index in [0.29, 0.717) is 0 Å². The van der Waals surface area contributed by atoms with Crippen molar-refractivity contribution in [3.05, 3.63) is 59.0 Å². The van der Waals surface area contributed by atoms with E-state index in [1.807, 2.05) is 36.4 Å². The van der Waals surface area contributed by atoms with Gasteiger partial charge in [0.15, 0.2) is 0 Å². The first-order valence-corrected chi connectivity index (χ1v) is 7.79. The van der Waals surface area contributed by atoms with E-state index in [0.717, 1.165) is 28.5 Å². The number of nitrogens with two attached hydrogens (primary N) is 1. The Labute approximate surface area is 123 Å². The second kappa shape index (κ2) is 7.04. The van der Waals surface area contributed by atoms with Crippen LogP contribution in [0.5, 0.6) is 0 Å². The van der Waals surface area contributed by atoms with Gasteiger partial charge in [-0.05, 0) is 30.2 Å². The number of thioether (sulfide) groups is 1. The fourth-order valence-electron chi connectivity index (χ4n) is 1.88. The van der Waals surface area contributed by atoms with Crippen LogP contribution >= 0.6 is 23.4 Å². The van der Waals surface area contributed by atoms with Crippen LogP contribution < -0.4 is 5.73 Å². The molecule has 0 amide bonds. The first kappa shape index (κ1) is 14.5. The second-order valence-electron chi connectivity index (χ2n) is 4.41. The van der Waals surface area contributed by atoms with Gasteiger partial charge < -0.3 is 10.2 Å². The highest BCUT2D eigenvalue weighted by molar-refractivity contribution is 7.98. The second-order valence-corrected chi connectivity index (χ2v) is 5.95. The minimum absolute atomic E-state index is 0.0821. The maximum absolute atomic E-state index is 6.20. The fourth-order valence-corrected chi connectivity index (χ4v) is 3.51. The lowest BCUT2D eigenvalue weighted by Crippen LogP contribution is -2.25. The molecule has 2 atom stereocenters. The lowest BCUT2D eigenvalue weighted by molar-refractivity contribution is 0.474. The monoisotopic (exact) mass is 295 g/mol. The summed E-state index contributed by atoms with van der Waals surface area (Å²) in [6.07, 6.45) is 2.61. The maximum Gasteiger partial charge on any atom is 0.118 e. The molecule has 2 unspecified atom stereocenters. The van der Waals surface area contributed by atoms with E-state index in [4.69, 9.17) is 21.8 Å². The van der Waals surface area contributed by atoms with Gasteiger partial charge in [0.05, 0.1) is 11.5 Å². The SMILES string of the molecule is CCC(N)C(SCc1ccccc1Cl)c1ccco1. The molecule has 0 bridgehead atoms. The van der Waals surface area contributed by atoms with Crippen molar-refractivity contribution in [2.75, 3.05) is 0 Å². The molecule has 0 aliphatic carbocycles. The Morgan fingerprint density at radius 1 is 1.26 bits per heavy atom. The highest BCUT2D eigenvalue weighted by Gasteiger charge is 2.21. The van der Waals surface area contributed by atoms with E-state index in [-0.39, 0.29) is 11.3 Å². The molecule has 102 valence electrons. The highest BCUT2D eigenvalue weighted by atomic mass is 35.5. The van der Waals surface area contributed by atoms with E-state index in [1.165, 1.54) is 0 Å². The van der Waals surface area contributed by atoms with Gasteiger partial charge in [0.2, 0.25) is 0 Å². The van der Waals surface area contributed by atoms with Crippen molar-refractivity contribution in [1.82, 2.24) is 0 Å². The van der Waals surface area contributed by atoms with E-state index < -0.39 is 0 Å². The molecule has 0 aliphatic heterocycles. The number of rotatable bonds is 6. The summed E-state index contributed by atoms with van der Waals surface area (Å²) in [6.45, 7) is 2.09. The molecule has 0 radical (unpaired) electrons. The van der Waals surface area contributed by atoms with Crippen LogP contribution in [0.2, 0.25) is 5.02 Å². The van der Waals surface area contributed by atoms with Crippen LogP contribution in [0.4, 0.5) is 0 Å². The fraction of sp³-hybridized carbons (Fsp3) is 0.333.